The highest BCUT2D eigenvalue weighted by atomic mass is 127. The number of aryl methyl sites for hydroxylation is 1. The Balaban J connectivity index is 0.00000261. The zero-order valence-electron chi connectivity index (χ0n) is 16.3. The molecule has 1 saturated heterocycles. The highest BCUT2D eigenvalue weighted by Gasteiger charge is 2.27. The van der Waals surface area contributed by atoms with Crippen LogP contribution in [0.15, 0.2) is 47.7 Å². The van der Waals surface area contributed by atoms with Gasteiger partial charge in [-0.15, -0.1) is 24.0 Å². The summed E-state index contributed by atoms with van der Waals surface area (Å²) in [5, 5.41) is 7.74. The quantitative estimate of drug-likeness (QED) is 0.390. The van der Waals surface area contributed by atoms with Crippen LogP contribution in [0.5, 0.6) is 0 Å². The van der Waals surface area contributed by atoms with Crippen molar-refractivity contribution in [3.63, 3.8) is 0 Å². The summed E-state index contributed by atoms with van der Waals surface area (Å²) in [4.78, 5) is 7.21. The molecule has 0 amide bonds. The minimum Gasteiger partial charge on any atom is -0.375 e. The molecule has 148 valence electrons. The van der Waals surface area contributed by atoms with Crippen LogP contribution in [0.1, 0.15) is 36.5 Å². The van der Waals surface area contributed by atoms with E-state index in [1.54, 1.807) is 7.11 Å². The molecule has 0 radical (unpaired) electrons. The van der Waals surface area contributed by atoms with Crippen LogP contribution < -0.4 is 5.32 Å². The lowest BCUT2D eigenvalue weighted by atomic mass is 10.0. The fraction of sp³-hybridized carbons (Fsp3) is 0.500. The van der Waals surface area contributed by atoms with Crippen molar-refractivity contribution < 1.29 is 4.74 Å². The number of ether oxygens (including phenoxy) is 1. The van der Waals surface area contributed by atoms with Gasteiger partial charge < -0.3 is 15.0 Å². The number of likely N-dealkylation sites (tertiary alicyclic amines) is 1. The molecule has 2 aromatic rings. The van der Waals surface area contributed by atoms with E-state index >= 15 is 0 Å². The zero-order valence-corrected chi connectivity index (χ0v) is 18.7. The molecular weight excluding hydrogens is 453 g/mol. The monoisotopic (exact) mass is 483 g/mol. The van der Waals surface area contributed by atoms with Gasteiger partial charge in [-0.1, -0.05) is 30.3 Å². The lowest BCUT2D eigenvalue weighted by molar-refractivity contribution is 0.110. The van der Waals surface area contributed by atoms with Gasteiger partial charge in [-0.25, -0.2) is 0 Å². The van der Waals surface area contributed by atoms with Crippen molar-refractivity contribution in [3.8, 4) is 0 Å². The van der Waals surface area contributed by atoms with E-state index < -0.39 is 0 Å². The highest BCUT2D eigenvalue weighted by molar-refractivity contribution is 14.0. The molecule has 2 heterocycles. The van der Waals surface area contributed by atoms with Gasteiger partial charge in [0.05, 0.1) is 12.7 Å². The Bertz CT molecular complexity index is 718. The molecule has 0 aliphatic carbocycles. The van der Waals surface area contributed by atoms with E-state index in [9.17, 15) is 0 Å². The molecule has 1 aromatic heterocycles. The van der Waals surface area contributed by atoms with Gasteiger partial charge in [0, 0.05) is 45.9 Å². The largest absolute Gasteiger partial charge is 0.375 e. The van der Waals surface area contributed by atoms with Crippen LogP contribution in [0.25, 0.3) is 0 Å². The van der Waals surface area contributed by atoms with Crippen LogP contribution in [-0.2, 0) is 11.8 Å². The van der Waals surface area contributed by atoms with E-state index in [0.29, 0.717) is 12.5 Å². The zero-order chi connectivity index (χ0) is 18.4. The summed E-state index contributed by atoms with van der Waals surface area (Å²) >= 11 is 0. The lowest BCUT2D eigenvalue weighted by Gasteiger charge is -2.22. The number of methoxy groups -OCH3 is 1. The maximum absolute atomic E-state index is 5.66. The Morgan fingerprint density at radius 1 is 1.37 bits per heavy atom. The average Bonchev–Trinajstić information content (AvgIpc) is 3.31. The van der Waals surface area contributed by atoms with Gasteiger partial charge in [0.1, 0.15) is 6.10 Å². The van der Waals surface area contributed by atoms with E-state index in [1.807, 2.05) is 36.1 Å². The van der Waals surface area contributed by atoms with Gasteiger partial charge in [-0.3, -0.25) is 9.67 Å². The smallest absolute Gasteiger partial charge is 0.194 e. The molecule has 0 saturated carbocycles. The number of benzene rings is 1. The Labute approximate surface area is 179 Å². The molecule has 1 fully saturated rings. The van der Waals surface area contributed by atoms with Crippen LogP contribution in [-0.4, -0.2) is 53.9 Å². The Morgan fingerprint density at radius 3 is 2.78 bits per heavy atom. The first-order chi connectivity index (χ1) is 12.7. The molecule has 2 atom stereocenters. The van der Waals surface area contributed by atoms with E-state index in [1.165, 1.54) is 5.56 Å². The predicted octanol–water partition coefficient (Wildman–Crippen LogP) is 3.18. The molecule has 1 N–H and O–H groups in total. The van der Waals surface area contributed by atoms with Crippen molar-refractivity contribution in [2.75, 3.05) is 33.3 Å². The van der Waals surface area contributed by atoms with Gasteiger partial charge in [-0.2, -0.15) is 5.10 Å². The van der Waals surface area contributed by atoms with Crippen LogP contribution in [0.3, 0.4) is 0 Å². The van der Waals surface area contributed by atoms with Gasteiger partial charge in [0.15, 0.2) is 5.96 Å². The first-order valence-electron chi connectivity index (χ1n) is 9.30. The standard InChI is InChI=1S/C20H29N5O.HI/c1-4-21-20(22-13-19(26-3)16-8-6-5-7-9-16)25-11-10-17(15-25)18-12-23-24(2)14-18;/h5-9,12,14,17,19H,4,10-11,13,15H2,1-3H3,(H,21,22);1H. The SMILES string of the molecule is CCNC(=NCC(OC)c1ccccc1)N1CCC(c2cnn(C)c2)C1.I. The molecule has 27 heavy (non-hydrogen) atoms. The van der Waals surface area contributed by atoms with E-state index in [2.05, 4.69) is 40.6 Å². The van der Waals surface area contributed by atoms with Gasteiger partial charge in [0.2, 0.25) is 0 Å². The summed E-state index contributed by atoms with van der Waals surface area (Å²) < 4.78 is 7.53. The summed E-state index contributed by atoms with van der Waals surface area (Å²) in [6.07, 6.45) is 5.20. The Kier molecular flexibility index (Phi) is 8.56. The average molecular weight is 483 g/mol. The fourth-order valence-corrected chi connectivity index (χ4v) is 3.45. The first kappa shape index (κ1) is 21.7. The van der Waals surface area contributed by atoms with Crippen molar-refractivity contribution in [2.45, 2.75) is 25.4 Å². The predicted molar refractivity (Wildman–Crippen MR) is 120 cm³/mol. The minimum atomic E-state index is -0.0263. The number of nitrogens with one attached hydrogen (secondary N) is 1. The lowest BCUT2D eigenvalue weighted by Crippen LogP contribution is -2.40. The molecule has 2 unspecified atom stereocenters. The van der Waals surface area contributed by atoms with Gasteiger partial charge in [0.25, 0.3) is 0 Å². The number of aromatic nitrogens is 2. The van der Waals surface area contributed by atoms with Crippen molar-refractivity contribution in [1.82, 2.24) is 20.0 Å². The summed E-state index contributed by atoms with van der Waals surface area (Å²) in [6, 6.07) is 10.3. The molecule has 1 aliphatic rings. The minimum absolute atomic E-state index is 0. The molecule has 7 heteroatoms. The second-order valence-electron chi connectivity index (χ2n) is 6.71. The number of hydrogen-bond donors (Lipinski definition) is 1. The number of guanidine groups is 1. The van der Waals surface area contributed by atoms with Crippen molar-refractivity contribution >= 4 is 29.9 Å². The van der Waals surface area contributed by atoms with E-state index in [0.717, 1.165) is 37.6 Å². The molecular formula is C20H30IN5O. The van der Waals surface area contributed by atoms with Gasteiger partial charge in [-0.05, 0) is 24.5 Å². The van der Waals surface area contributed by atoms with E-state index in [-0.39, 0.29) is 30.1 Å². The molecule has 1 aromatic carbocycles. The molecule has 3 rings (SSSR count). The third-order valence-electron chi connectivity index (χ3n) is 4.88. The van der Waals surface area contributed by atoms with Crippen molar-refractivity contribution in [2.24, 2.45) is 12.0 Å². The molecule has 1 aliphatic heterocycles. The number of rotatable bonds is 6. The Hall–Kier alpha value is -1.61. The molecule has 0 bridgehead atoms. The number of nitrogens with zero attached hydrogens (tertiary/aromatic N) is 4. The van der Waals surface area contributed by atoms with Gasteiger partial charge >= 0.3 is 0 Å². The Morgan fingerprint density at radius 2 is 2.15 bits per heavy atom. The summed E-state index contributed by atoms with van der Waals surface area (Å²) in [5.41, 5.74) is 2.47. The number of hydrogen-bond acceptors (Lipinski definition) is 3. The summed E-state index contributed by atoms with van der Waals surface area (Å²) in [7, 11) is 3.71. The fourth-order valence-electron chi connectivity index (χ4n) is 3.45. The second kappa shape index (κ2) is 10.7. The van der Waals surface area contributed by atoms with Crippen LogP contribution in [0.2, 0.25) is 0 Å². The first-order valence-corrected chi connectivity index (χ1v) is 9.30. The van der Waals surface area contributed by atoms with Crippen molar-refractivity contribution in [3.05, 3.63) is 53.9 Å². The third-order valence-corrected chi connectivity index (χ3v) is 4.88. The van der Waals surface area contributed by atoms with Crippen LogP contribution >= 0.6 is 24.0 Å². The molecule has 0 spiro atoms. The third kappa shape index (κ3) is 5.68. The normalized spacial score (nSPS) is 18.3. The molecule has 6 nitrogen and oxygen atoms in total. The summed E-state index contributed by atoms with van der Waals surface area (Å²) in [5.74, 6) is 1.48. The maximum Gasteiger partial charge on any atom is 0.194 e. The number of halogens is 1. The summed E-state index contributed by atoms with van der Waals surface area (Å²) in [6.45, 7) is 5.55. The second-order valence-corrected chi connectivity index (χ2v) is 6.71. The van der Waals surface area contributed by atoms with Crippen LogP contribution in [0.4, 0.5) is 0 Å². The maximum atomic E-state index is 5.66. The van der Waals surface area contributed by atoms with Crippen molar-refractivity contribution in [1.29, 1.82) is 0 Å². The van der Waals surface area contributed by atoms with Crippen LogP contribution in [0, 0.1) is 0 Å². The number of aliphatic imine (C=N–C) groups is 1. The topological polar surface area (TPSA) is 54.7 Å². The highest BCUT2D eigenvalue weighted by Crippen LogP contribution is 2.27. The van der Waals surface area contributed by atoms with E-state index in [4.69, 9.17) is 9.73 Å².